The minimum atomic E-state index is -3.68. The maximum absolute atomic E-state index is 13.1. The number of anilines is 2. The quantitative estimate of drug-likeness (QED) is 0.694. The zero-order valence-electron chi connectivity index (χ0n) is 17.9. The first-order valence-electron chi connectivity index (χ1n) is 9.67. The smallest absolute Gasteiger partial charge is 0.248 e. The first-order valence-corrected chi connectivity index (χ1v) is 11.5. The zero-order chi connectivity index (χ0) is 21.8. The molecule has 2 rings (SSSR count). The summed E-state index contributed by atoms with van der Waals surface area (Å²) in [7, 11) is -3.68. The van der Waals surface area contributed by atoms with Crippen molar-refractivity contribution in [3.63, 3.8) is 0 Å². The van der Waals surface area contributed by atoms with Crippen LogP contribution in [-0.4, -0.2) is 32.7 Å². The summed E-state index contributed by atoms with van der Waals surface area (Å²) in [6, 6.07) is 11.8. The van der Waals surface area contributed by atoms with E-state index in [0.29, 0.717) is 23.5 Å². The second-order valence-corrected chi connectivity index (χ2v) is 9.32. The molecule has 2 aromatic carbocycles. The average Bonchev–Trinajstić information content (AvgIpc) is 2.60. The molecular formula is C22H30N2O4S. The highest BCUT2D eigenvalue weighted by Crippen LogP contribution is 2.28. The summed E-state index contributed by atoms with van der Waals surface area (Å²) >= 11 is 0. The van der Waals surface area contributed by atoms with Gasteiger partial charge in [0, 0.05) is 11.8 Å². The van der Waals surface area contributed by atoms with Gasteiger partial charge in [0.1, 0.15) is 11.8 Å². The summed E-state index contributed by atoms with van der Waals surface area (Å²) in [6.07, 6.45) is 1.46. The second-order valence-electron chi connectivity index (χ2n) is 7.46. The Kier molecular flexibility index (Phi) is 7.30. The number of carbonyl (C=O) groups is 1. The SMILES string of the molecule is CC[C@H](C(=O)Nc1cccc(OC(C)C)c1)N(c1cc(C)ccc1C)S(C)(=O)=O. The number of aryl methyl sites for hydroxylation is 2. The van der Waals surface area contributed by atoms with Gasteiger partial charge in [-0.05, 0) is 63.4 Å². The van der Waals surface area contributed by atoms with Crippen molar-refractivity contribution in [1.82, 2.24) is 0 Å². The molecule has 0 aromatic heterocycles. The van der Waals surface area contributed by atoms with E-state index in [1.807, 2.05) is 45.9 Å². The highest BCUT2D eigenvalue weighted by Gasteiger charge is 2.32. The van der Waals surface area contributed by atoms with E-state index in [9.17, 15) is 13.2 Å². The molecule has 0 aliphatic carbocycles. The molecule has 0 radical (unpaired) electrons. The number of amides is 1. The Morgan fingerprint density at radius 3 is 2.41 bits per heavy atom. The number of rotatable bonds is 8. The number of ether oxygens (including phenoxy) is 1. The van der Waals surface area contributed by atoms with Crippen LogP contribution in [0.1, 0.15) is 38.3 Å². The molecule has 0 heterocycles. The van der Waals surface area contributed by atoms with Crippen LogP contribution in [0.15, 0.2) is 42.5 Å². The lowest BCUT2D eigenvalue weighted by Gasteiger charge is -2.31. The van der Waals surface area contributed by atoms with Gasteiger partial charge >= 0.3 is 0 Å². The molecule has 0 spiro atoms. The van der Waals surface area contributed by atoms with Gasteiger partial charge in [-0.15, -0.1) is 0 Å². The van der Waals surface area contributed by atoms with Gasteiger partial charge in [0.25, 0.3) is 0 Å². The van der Waals surface area contributed by atoms with E-state index in [-0.39, 0.29) is 12.0 Å². The normalized spacial score (nSPS) is 12.5. The molecule has 6 nitrogen and oxygen atoms in total. The minimum absolute atomic E-state index is 0.00867. The van der Waals surface area contributed by atoms with Gasteiger partial charge in [-0.2, -0.15) is 0 Å². The number of hydrogen-bond acceptors (Lipinski definition) is 4. The van der Waals surface area contributed by atoms with Crippen LogP contribution < -0.4 is 14.4 Å². The van der Waals surface area contributed by atoms with Crippen LogP contribution in [0, 0.1) is 13.8 Å². The van der Waals surface area contributed by atoms with E-state index in [0.717, 1.165) is 17.4 Å². The minimum Gasteiger partial charge on any atom is -0.491 e. The van der Waals surface area contributed by atoms with Crippen molar-refractivity contribution < 1.29 is 17.9 Å². The molecule has 0 bridgehead atoms. The molecular weight excluding hydrogens is 388 g/mol. The third-order valence-corrected chi connectivity index (χ3v) is 5.57. The molecule has 29 heavy (non-hydrogen) atoms. The van der Waals surface area contributed by atoms with Gasteiger partial charge in [-0.1, -0.05) is 25.1 Å². The van der Waals surface area contributed by atoms with E-state index < -0.39 is 16.1 Å². The summed E-state index contributed by atoms with van der Waals surface area (Å²) < 4.78 is 32.2. The van der Waals surface area contributed by atoms with Crippen molar-refractivity contribution in [1.29, 1.82) is 0 Å². The van der Waals surface area contributed by atoms with Gasteiger partial charge in [-0.3, -0.25) is 9.10 Å². The highest BCUT2D eigenvalue weighted by molar-refractivity contribution is 7.92. The molecule has 0 saturated heterocycles. The Morgan fingerprint density at radius 1 is 1.14 bits per heavy atom. The molecule has 0 aliphatic rings. The van der Waals surface area contributed by atoms with Gasteiger partial charge in [-0.25, -0.2) is 8.42 Å². The number of carbonyl (C=O) groups excluding carboxylic acids is 1. The van der Waals surface area contributed by atoms with Crippen LogP contribution >= 0.6 is 0 Å². The van der Waals surface area contributed by atoms with Crippen molar-refractivity contribution in [2.75, 3.05) is 15.9 Å². The first kappa shape index (κ1) is 22.7. The summed E-state index contributed by atoms with van der Waals surface area (Å²) in [4.78, 5) is 13.1. The number of benzene rings is 2. The summed E-state index contributed by atoms with van der Waals surface area (Å²) in [6.45, 7) is 9.37. The van der Waals surface area contributed by atoms with Crippen molar-refractivity contribution in [3.8, 4) is 5.75 Å². The van der Waals surface area contributed by atoms with E-state index in [1.54, 1.807) is 31.2 Å². The Balaban J connectivity index is 2.38. The van der Waals surface area contributed by atoms with Crippen LogP contribution in [0.5, 0.6) is 5.75 Å². The Bertz CT molecular complexity index is 971. The third kappa shape index (κ3) is 5.97. The summed E-state index contributed by atoms with van der Waals surface area (Å²) in [5.74, 6) is 0.251. The highest BCUT2D eigenvalue weighted by atomic mass is 32.2. The molecule has 1 amide bonds. The molecule has 0 saturated carbocycles. The lowest BCUT2D eigenvalue weighted by atomic mass is 10.1. The van der Waals surface area contributed by atoms with Gasteiger partial charge < -0.3 is 10.1 Å². The Morgan fingerprint density at radius 2 is 1.83 bits per heavy atom. The van der Waals surface area contributed by atoms with Crippen LogP contribution in [0.4, 0.5) is 11.4 Å². The van der Waals surface area contributed by atoms with Crippen molar-refractivity contribution in [3.05, 3.63) is 53.6 Å². The van der Waals surface area contributed by atoms with E-state index in [1.165, 1.54) is 4.31 Å². The van der Waals surface area contributed by atoms with E-state index in [4.69, 9.17) is 4.74 Å². The molecule has 158 valence electrons. The fraction of sp³-hybridized carbons (Fsp3) is 0.409. The molecule has 1 N–H and O–H groups in total. The molecule has 0 aliphatic heterocycles. The van der Waals surface area contributed by atoms with Gasteiger partial charge in [0.15, 0.2) is 0 Å². The summed E-state index contributed by atoms with van der Waals surface area (Å²) in [5, 5.41) is 2.84. The van der Waals surface area contributed by atoms with Gasteiger partial charge in [0.05, 0.1) is 18.0 Å². The topological polar surface area (TPSA) is 75.7 Å². The fourth-order valence-corrected chi connectivity index (χ4v) is 4.40. The first-order chi connectivity index (χ1) is 13.5. The van der Waals surface area contributed by atoms with Crippen LogP contribution in [0.3, 0.4) is 0 Å². The molecule has 0 unspecified atom stereocenters. The molecule has 7 heteroatoms. The Labute approximate surface area is 173 Å². The monoisotopic (exact) mass is 418 g/mol. The Hall–Kier alpha value is -2.54. The van der Waals surface area contributed by atoms with Gasteiger partial charge in [0.2, 0.25) is 15.9 Å². The number of nitrogens with one attached hydrogen (secondary N) is 1. The molecule has 0 fully saturated rings. The average molecular weight is 419 g/mol. The van der Waals surface area contributed by atoms with Crippen LogP contribution in [0.2, 0.25) is 0 Å². The summed E-state index contributed by atoms with van der Waals surface area (Å²) in [5.41, 5.74) is 2.79. The van der Waals surface area contributed by atoms with Crippen molar-refractivity contribution >= 4 is 27.3 Å². The molecule has 2 aromatic rings. The predicted octanol–water partition coefficient (Wildman–Crippen LogP) is 4.27. The third-order valence-electron chi connectivity index (χ3n) is 4.41. The fourth-order valence-electron chi connectivity index (χ4n) is 3.14. The maximum Gasteiger partial charge on any atom is 0.248 e. The zero-order valence-corrected chi connectivity index (χ0v) is 18.7. The van der Waals surface area contributed by atoms with Crippen LogP contribution in [0.25, 0.3) is 0 Å². The number of sulfonamides is 1. The standard InChI is InChI=1S/C22H30N2O4S/c1-7-20(22(25)23-18-9-8-10-19(14-18)28-15(2)3)24(29(6,26)27)21-13-16(4)11-12-17(21)5/h8-15,20H,7H2,1-6H3,(H,23,25)/t20-/m1/s1. The van der Waals surface area contributed by atoms with E-state index in [2.05, 4.69) is 5.32 Å². The molecule has 1 atom stereocenters. The number of hydrogen-bond donors (Lipinski definition) is 1. The lowest BCUT2D eigenvalue weighted by Crippen LogP contribution is -2.47. The maximum atomic E-state index is 13.1. The van der Waals surface area contributed by atoms with E-state index >= 15 is 0 Å². The number of nitrogens with zero attached hydrogens (tertiary/aromatic N) is 1. The predicted molar refractivity (Wildman–Crippen MR) is 118 cm³/mol. The van der Waals surface area contributed by atoms with Crippen molar-refractivity contribution in [2.24, 2.45) is 0 Å². The van der Waals surface area contributed by atoms with Crippen LogP contribution in [-0.2, 0) is 14.8 Å². The van der Waals surface area contributed by atoms with Crippen molar-refractivity contribution in [2.45, 2.75) is 53.2 Å². The lowest BCUT2D eigenvalue weighted by molar-refractivity contribution is -0.117. The second kappa shape index (κ2) is 9.31. The largest absolute Gasteiger partial charge is 0.491 e.